The number of benzene rings is 1. The van der Waals surface area contributed by atoms with E-state index in [2.05, 4.69) is 4.99 Å². The van der Waals surface area contributed by atoms with Crippen molar-refractivity contribution in [3.05, 3.63) is 29.0 Å². The Morgan fingerprint density at radius 2 is 2.06 bits per heavy atom. The molecule has 0 heterocycles. The van der Waals surface area contributed by atoms with Gasteiger partial charge in [-0.2, -0.15) is 0 Å². The van der Waals surface area contributed by atoms with Gasteiger partial charge in [0, 0.05) is 6.42 Å². The molecule has 0 saturated heterocycles. The summed E-state index contributed by atoms with van der Waals surface area (Å²) in [7, 11) is 0. The van der Waals surface area contributed by atoms with Crippen molar-refractivity contribution in [1.29, 1.82) is 0 Å². The second-order valence-corrected chi connectivity index (χ2v) is 5.29. The quantitative estimate of drug-likeness (QED) is 0.639. The molecular weight excluding hydrogens is 251 g/mol. The summed E-state index contributed by atoms with van der Waals surface area (Å²) in [4.78, 5) is 4.15. The van der Waals surface area contributed by atoms with Crippen molar-refractivity contribution >= 4 is 23.1 Å². The first-order valence-electron chi connectivity index (χ1n) is 6.44. The van der Waals surface area contributed by atoms with E-state index in [-0.39, 0.29) is 10.7 Å². The van der Waals surface area contributed by atoms with E-state index in [9.17, 15) is 4.39 Å². The fourth-order valence-corrected chi connectivity index (χ4v) is 2.64. The van der Waals surface area contributed by atoms with E-state index in [1.165, 1.54) is 38.2 Å². The van der Waals surface area contributed by atoms with E-state index in [0.29, 0.717) is 11.8 Å². The molecule has 0 bridgehead atoms. The van der Waals surface area contributed by atoms with E-state index >= 15 is 0 Å². The average molecular weight is 269 g/mol. The van der Waals surface area contributed by atoms with Crippen molar-refractivity contribution in [3.8, 4) is 0 Å². The molecule has 4 heteroatoms. The summed E-state index contributed by atoms with van der Waals surface area (Å²) in [5.41, 5.74) is 6.13. The molecule has 2 N–H and O–H groups in total. The molecule has 18 heavy (non-hydrogen) atoms. The van der Waals surface area contributed by atoms with Gasteiger partial charge >= 0.3 is 0 Å². The minimum Gasteiger partial charge on any atom is -0.387 e. The molecule has 0 atom stereocenters. The number of aliphatic imine (C=N–C) groups is 1. The van der Waals surface area contributed by atoms with Crippen molar-refractivity contribution in [1.82, 2.24) is 0 Å². The van der Waals surface area contributed by atoms with Crippen molar-refractivity contribution in [3.63, 3.8) is 0 Å². The number of hydrogen-bond donors (Lipinski definition) is 1. The Bertz CT molecular complexity index is 439. The van der Waals surface area contributed by atoms with Crippen molar-refractivity contribution < 1.29 is 4.39 Å². The van der Waals surface area contributed by atoms with Crippen LogP contribution in [-0.4, -0.2) is 5.84 Å². The van der Waals surface area contributed by atoms with Crippen LogP contribution in [0.5, 0.6) is 0 Å². The fraction of sp³-hybridized carbons (Fsp3) is 0.500. The lowest BCUT2D eigenvalue weighted by atomic mass is 9.87. The fourth-order valence-electron chi connectivity index (χ4n) is 2.47. The summed E-state index contributed by atoms with van der Waals surface area (Å²) in [6.45, 7) is 0. The monoisotopic (exact) mass is 268 g/mol. The molecule has 98 valence electrons. The molecule has 0 amide bonds. The highest BCUT2D eigenvalue weighted by atomic mass is 35.5. The van der Waals surface area contributed by atoms with Gasteiger partial charge in [-0.3, -0.25) is 0 Å². The molecule has 0 aliphatic heterocycles. The minimum atomic E-state index is -0.495. The zero-order valence-corrected chi connectivity index (χ0v) is 11.1. The zero-order valence-electron chi connectivity index (χ0n) is 10.3. The van der Waals surface area contributed by atoms with Gasteiger partial charge in [0.05, 0.1) is 10.9 Å². The van der Waals surface area contributed by atoms with Gasteiger partial charge in [-0.05, 0) is 18.1 Å². The number of nitrogens with two attached hydrogens (primary N) is 1. The molecule has 2 nitrogen and oxygen atoms in total. The Morgan fingerprint density at radius 3 is 2.78 bits per heavy atom. The summed E-state index contributed by atoms with van der Waals surface area (Å²) in [6.07, 6.45) is 7.01. The predicted molar refractivity (Wildman–Crippen MR) is 73.9 cm³/mol. The van der Waals surface area contributed by atoms with Crippen LogP contribution in [-0.2, 0) is 0 Å². The van der Waals surface area contributed by atoms with Gasteiger partial charge in [0.15, 0.2) is 5.82 Å². The van der Waals surface area contributed by atoms with E-state index in [1.54, 1.807) is 12.1 Å². The third-order valence-corrected chi connectivity index (χ3v) is 3.71. The van der Waals surface area contributed by atoms with Crippen LogP contribution in [0.15, 0.2) is 23.2 Å². The summed E-state index contributed by atoms with van der Waals surface area (Å²) in [5, 5.41) is 0.0849. The van der Waals surface area contributed by atoms with Crippen LogP contribution in [0.3, 0.4) is 0 Å². The average Bonchev–Trinajstić information content (AvgIpc) is 2.36. The van der Waals surface area contributed by atoms with Crippen LogP contribution in [0, 0.1) is 11.7 Å². The molecule has 1 aliphatic carbocycles. The van der Waals surface area contributed by atoms with Crippen LogP contribution in [0.1, 0.15) is 38.5 Å². The van der Waals surface area contributed by atoms with Gasteiger partial charge in [0.2, 0.25) is 0 Å². The zero-order chi connectivity index (χ0) is 13.0. The van der Waals surface area contributed by atoms with Crippen molar-refractivity contribution in [2.45, 2.75) is 38.5 Å². The van der Waals surface area contributed by atoms with Crippen LogP contribution >= 0.6 is 11.6 Å². The van der Waals surface area contributed by atoms with Crippen LogP contribution in [0.25, 0.3) is 0 Å². The van der Waals surface area contributed by atoms with Crippen molar-refractivity contribution in [2.75, 3.05) is 0 Å². The highest BCUT2D eigenvalue weighted by Crippen LogP contribution is 2.28. The van der Waals surface area contributed by atoms with Crippen molar-refractivity contribution in [2.24, 2.45) is 16.6 Å². The first-order chi connectivity index (χ1) is 8.66. The van der Waals surface area contributed by atoms with E-state index in [1.807, 2.05) is 0 Å². The first kappa shape index (κ1) is 13.3. The Labute approximate surface area is 112 Å². The lowest BCUT2D eigenvalue weighted by Gasteiger charge is -2.20. The molecule has 1 aromatic carbocycles. The Balaban J connectivity index is 2.05. The maximum Gasteiger partial charge on any atom is 0.167 e. The molecule has 1 fully saturated rings. The maximum absolute atomic E-state index is 13.6. The summed E-state index contributed by atoms with van der Waals surface area (Å²) in [5.74, 6) is 0.610. The molecule has 1 aromatic rings. The highest BCUT2D eigenvalue weighted by molar-refractivity contribution is 6.31. The molecule has 2 rings (SSSR count). The molecule has 0 radical (unpaired) electrons. The van der Waals surface area contributed by atoms with Crippen LogP contribution in [0.2, 0.25) is 5.02 Å². The molecule has 1 saturated carbocycles. The van der Waals surface area contributed by atoms with Gasteiger partial charge in [0.25, 0.3) is 0 Å². The number of nitrogens with zero attached hydrogens (tertiary/aromatic N) is 1. The van der Waals surface area contributed by atoms with Crippen LogP contribution < -0.4 is 5.73 Å². The standard InChI is InChI=1S/C14H18ClFN2/c15-11-7-4-8-12(14(11)16)18-13(17)9-10-5-2-1-3-6-10/h4,7-8,10H,1-3,5-6,9H2,(H2,17,18). The number of hydrogen-bond acceptors (Lipinski definition) is 1. The molecular formula is C14H18ClFN2. The number of rotatable bonds is 3. The van der Waals surface area contributed by atoms with E-state index < -0.39 is 5.82 Å². The van der Waals surface area contributed by atoms with Gasteiger partial charge in [-0.1, -0.05) is 49.8 Å². The lowest BCUT2D eigenvalue weighted by molar-refractivity contribution is 0.367. The smallest absolute Gasteiger partial charge is 0.167 e. The Kier molecular flexibility index (Phi) is 4.59. The Morgan fingerprint density at radius 1 is 1.33 bits per heavy atom. The summed E-state index contributed by atoms with van der Waals surface area (Å²) in [6, 6.07) is 4.78. The molecule has 1 aliphatic rings. The van der Waals surface area contributed by atoms with Gasteiger partial charge < -0.3 is 5.73 Å². The topological polar surface area (TPSA) is 38.4 Å². The minimum absolute atomic E-state index is 0.0849. The summed E-state index contributed by atoms with van der Waals surface area (Å²) >= 11 is 5.70. The van der Waals surface area contributed by atoms with Crippen LogP contribution in [0.4, 0.5) is 10.1 Å². The third kappa shape index (κ3) is 3.45. The molecule has 0 unspecified atom stereocenters. The van der Waals surface area contributed by atoms with Gasteiger partial charge in [-0.25, -0.2) is 9.38 Å². The SMILES string of the molecule is NC(CC1CCCCC1)=Nc1cccc(Cl)c1F. The summed E-state index contributed by atoms with van der Waals surface area (Å²) < 4.78 is 13.6. The normalized spacial score (nSPS) is 18.0. The third-order valence-electron chi connectivity index (χ3n) is 3.42. The number of halogens is 2. The van der Waals surface area contributed by atoms with Gasteiger partial charge in [-0.15, -0.1) is 0 Å². The maximum atomic E-state index is 13.6. The highest BCUT2D eigenvalue weighted by Gasteiger charge is 2.15. The predicted octanol–water partition coefficient (Wildman–Crippen LogP) is 4.44. The first-order valence-corrected chi connectivity index (χ1v) is 6.81. The second kappa shape index (κ2) is 6.19. The second-order valence-electron chi connectivity index (χ2n) is 4.88. The van der Waals surface area contributed by atoms with E-state index in [4.69, 9.17) is 17.3 Å². The number of amidine groups is 1. The Hall–Kier alpha value is -1.09. The molecule has 0 spiro atoms. The van der Waals surface area contributed by atoms with Gasteiger partial charge in [0.1, 0.15) is 5.69 Å². The lowest BCUT2D eigenvalue weighted by Crippen LogP contribution is -2.18. The largest absolute Gasteiger partial charge is 0.387 e. The molecule has 0 aromatic heterocycles. The van der Waals surface area contributed by atoms with E-state index in [0.717, 1.165) is 6.42 Å².